The highest BCUT2D eigenvalue weighted by atomic mass is 32.1. The number of nitrogens with one attached hydrogen (secondary N) is 1. The van der Waals surface area contributed by atoms with Crippen LogP contribution in [0.1, 0.15) is 32.3 Å². The molecule has 0 aliphatic heterocycles. The van der Waals surface area contributed by atoms with E-state index in [0.717, 1.165) is 29.2 Å². The molecule has 0 atom stereocenters. The molecule has 0 saturated carbocycles. The monoisotopic (exact) mass is 305 g/mol. The molecule has 0 aromatic carbocycles. The van der Waals surface area contributed by atoms with Gasteiger partial charge in [0.2, 0.25) is 0 Å². The lowest BCUT2D eigenvalue weighted by atomic mass is 10.1. The smallest absolute Gasteiger partial charge is 0.107 e. The number of nitrogens with two attached hydrogens (primary N) is 1. The Labute approximate surface area is 129 Å². The summed E-state index contributed by atoms with van der Waals surface area (Å²) in [6, 6.07) is 4.21. The van der Waals surface area contributed by atoms with Gasteiger partial charge < -0.3 is 11.1 Å². The minimum Gasteiger partial charge on any atom is -0.389 e. The summed E-state index contributed by atoms with van der Waals surface area (Å²) in [5, 5.41) is 3.44. The number of aryl methyl sites for hydroxylation is 4. The van der Waals surface area contributed by atoms with E-state index in [9.17, 15) is 0 Å². The maximum absolute atomic E-state index is 5.82. The van der Waals surface area contributed by atoms with Crippen molar-refractivity contribution in [3.05, 3.63) is 44.4 Å². The number of pyridine rings is 1. The molecule has 2 aromatic rings. The summed E-state index contributed by atoms with van der Waals surface area (Å²) in [6.07, 6.45) is 0. The lowest BCUT2D eigenvalue weighted by Gasteiger charge is -2.13. The Morgan fingerprint density at radius 2 is 2.00 bits per heavy atom. The lowest BCUT2D eigenvalue weighted by Crippen LogP contribution is -2.16. The van der Waals surface area contributed by atoms with Gasteiger partial charge in [0, 0.05) is 33.4 Å². The second-order valence-electron chi connectivity index (χ2n) is 4.94. The van der Waals surface area contributed by atoms with Crippen LogP contribution in [-0.2, 0) is 6.54 Å². The molecule has 106 valence electrons. The Balaban J connectivity index is 2.26. The van der Waals surface area contributed by atoms with E-state index >= 15 is 0 Å². The van der Waals surface area contributed by atoms with Crippen molar-refractivity contribution in [1.82, 2.24) is 4.98 Å². The first-order valence-corrected chi connectivity index (χ1v) is 7.68. The summed E-state index contributed by atoms with van der Waals surface area (Å²) in [4.78, 5) is 7.48. The normalized spacial score (nSPS) is 10.6. The third kappa shape index (κ3) is 3.16. The van der Waals surface area contributed by atoms with Crippen molar-refractivity contribution in [2.75, 3.05) is 5.32 Å². The van der Waals surface area contributed by atoms with Crippen LogP contribution in [-0.4, -0.2) is 9.97 Å². The molecule has 0 bridgehead atoms. The zero-order chi connectivity index (χ0) is 14.9. The van der Waals surface area contributed by atoms with Crippen LogP contribution in [0.5, 0.6) is 0 Å². The fourth-order valence-corrected chi connectivity index (χ4v) is 3.45. The molecule has 3 N–H and O–H groups in total. The van der Waals surface area contributed by atoms with Gasteiger partial charge in [0.15, 0.2) is 0 Å². The topological polar surface area (TPSA) is 50.9 Å². The van der Waals surface area contributed by atoms with Crippen molar-refractivity contribution >= 4 is 34.2 Å². The van der Waals surface area contributed by atoms with Gasteiger partial charge >= 0.3 is 0 Å². The molecule has 3 nitrogen and oxygen atoms in total. The van der Waals surface area contributed by atoms with Gasteiger partial charge in [-0.2, -0.15) is 0 Å². The molecule has 2 rings (SSSR count). The van der Waals surface area contributed by atoms with Gasteiger partial charge in [0.1, 0.15) is 4.99 Å². The fourth-order valence-electron chi connectivity index (χ4n) is 2.20. The van der Waals surface area contributed by atoms with E-state index in [1.807, 2.05) is 31.3 Å². The van der Waals surface area contributed by atoms with Crippen LogP contribution in [0.15, 0.2) is 12.1 Å². The van der Waals surface area contributed by atoms with Crippen LogP contribution >= 0.6 is 23.6 Å². The number of nitrogens with zero attached hydrogens (tertiary/aromatic N) is 1. The summed E-state index contributed by atoms with van der Waals surface area (Å²) >= 11 is 6.95. The summed E-state index contributed by atoms with van der Waals surface area (Å²) in [7, 11) is 0. The Morgan fingerprint density at radius 1 is 1.30 bits per heavy atom. The van der Waals surface area contributed by atoms with Gasteiger partial charge in [0.25, 0.3) is 0 Å². The first kappa shape index (κ1) is 14.9. The van der Waals surface area contributed by atoms with Crippen molar-refractivity contribution in [1.29, 1.82) is 0 Å². The molecule has 2 aromatic heterocycles. The van der Waals surface area contributed by atoms with E-state index in [1.54, 1.807) is 0 Å². The number of anilines is 1. The largest absolute Gasteiger partial charge is 0.389 e. The highest BCUT2D eigenvalue weighted by Crippen LogP contribution is 2.24. The van der Waals surface area contributed by atoms with E-state index in [0.29, 0.717) is 4.99 Å². The van der Waals surface area contributed by atoms with Crippen LogP contribution in [0.25, 0.3) is 0 Å². The number of hydrogen-bond donors (Lipinski definition) is 2. The highest BCUT2D eigenvalue weighted by Gasteiger charge is 2.11. The van der Waals surface area contributed by atoms with Gasteiger partial charge in [-0.05, 0) is 45.4 Å². The average Bonchev–Trinajstić information content (AvgIpc) is 2.64. The van der Waals surface area contributed by atoms with Crippen molar-refractivity contribution in [2.45, 2.75) is 34.2 Å². The predicted octanol–water partition coefficient (Wildman–Crippen LogP) is 3.62. The van der Waals surface area contributed by atoms with Gasteiger partial charge in [0.05, 0.1) is 5.56 Å². The zero-order valence-electron chi connectivity index (χ0n) is 12.2. The maximum atomic E-state index is 5.82. The van der Waals surface area contributed by atoms with E-state index in [-0.39, 0.29) is 0 Å². The molecule has 5 heteroatoms. The standard InChI is InChI=1S/C15H19N3S2/c1-8-5-12(20-11(8)4)7-17-13-6-9(2)18-10(3)14(13)15(16)19/h5-6H,7H2,1-4H3,(H2,16,19)(H,17,18). The van der Waals surface area contributed by atoms with Crippen molar-refractivity contribution in [3.63, 3.8) is 0 Å². The van der Waals surface area contributed by atoms with E-state index in [1.165, 1.54) is 15.3 Å². The molecule has 0 spiro atoms. The maximum Gasteiger partial charge on any atom is 0.107 e. The molecule has 0 radical (unpaired) electrons. The van der Waals surface area contributed by atoms with Crippen LogP contribution in [0, 0.1) is 27.7 Å². The molecule has 0 fully saturated rings. The quantitative estimate of drug-likeness (QED) is 0.847. The van der Waals surface area contributed by atoms with E-state index in [4.69, 9.17) is 18.0 Å². The van der Waals surface area contributed by atoms with Gasteiger partial charge in [-0.3, -0.25) is 4.98 Å². The van der Waals surface area contributed by atoms with Crippen molar-refractivity contribution in [2.24, 2.45) is 5.73 Å². The van der Waals surface area contributed by atoms with Crippen molar-refractivity contribution < 1.29 is 0 Å². The van der Waals surface area contributed by atoms with Crippen LogP contribution in [0.4, 0.5) is 5.69 Å². The molecule has 0 aliphatic rings. The Hall–Kier alpha value is -1.46. The van der Waals surface area contributed by atoms with Crippen molar-refractivity contribution in [3.8, 4) is 0 Å². The molecule has 20 heavy (non-hydrogen) atoms. The third-order valence-corrected chi connectivity index (χ3v) is 4.60. The number of rotatable bonds is 4. The van der Waals surface area contributed by atoms with Crippen LogP contribution in [0.2, 0.25) is 0 Å². The van der Waals surface area contributed by atoms with Gasteiger partial charge in [-0.15, -0.1) is 11.3 Å². The highest BCUT2D eigenvalue weighted by molar-refractivity contribution is 7.80. The molecular weight excluding hydrogens is 286 g/mol. The average molecular weight is 305 g/mol. The second kappa shape index (κ2) is 5.89. The summed E-state index contributed by atoms with van der Waals surface area (Å²) < 4.78 is 0. The van der Waals surface area contributed by atoms with E-state index < -0.39 is 0 Å². The lowest BCUT2D eigenvalue weighted by molar-refractivity contribution is 1.09. The fraction of sp³-hybridized carbons (Fsp3) is 0.333. The number of thiocarbonyl (C=S) groups is 1. The van der Waals surface area contributed by atoms with E-state index in [2.05, 4.69) is 30.2 Å². The molecule has 0 saturated heterocycles. The molecule has 0 amide bonds. The molecule has 2 heterocycles. The summed E-state index contributed by atoms with van der Waals surface area (Å²) in [5.74, 6) is 0. The Bertz CT molecular complexity index is 640. The third-order valence-electron chi connectivity index (χ3n) is 3.24. The zero-order valence-corrected chi connectivity index (χ0v) is 13.8. The first-order valence-electron chi connectivity index (χ1n) is 6.46. The Kier molecular flexibility index (Phi) is 4.40. The number of hydrogen-bond acceptors (Lipinski definition) is 4. The van der Waals surface area contributed by atoms with Gasteiger partial charge in [-0.25, -0.2) is 0 Å². The first-order chi connectivity index (χ1) is 9.38. The number of thiophene rings is 1. The SMILES string of the molecule is Cc1cc(NCc2cc(C)c(C)s2)c(C(N)=S)c(C)n1. The predicted molar refractivity (Wildman–Crippen MR) is 90.7 cm³/mol. The van der Waals surface area contributed by atoms with Crippen LogP contribution < -0.4 is 11.1 Å². The molecule has 0 unspecified atom stereocenters. The van der Waals surface area contributed by atoms with Gasteiger partial charge in [-0.1, -0.05) is 12.2 Å². The minimum atomic E-state index is 0.385. The molecule has 0 aliphatic carbocycles. The summed E-state index contributed by atoms with van der Waals surface area (Å²) in [6.45, 7) is 8.96. The minimum absolute atomic E-state index is 0.385. The summed E-state index contributed by atoms with van der Waals surface area (Å²) in [5.41, 5.74) is 10.8. The van der Waals surface area contributed by atoms with Crippen LogP contribution in [0.3, 0.4) is 0 Å². The Morgan fingerprint density at radius 3 is 2.55 bits per heavy atom. The second-order valence-corrected chi connectivity index (χ2v) is 6.72. The number of aromatic nitrogens is 1. The molecular formula is C15H19N3S2.